The Morgan fingerprint density at radius 3 is 1.57 bits per heavy atom. The van der Waals surface area contributed by atoms with Crippen molar-refractivity contribution in [1.29, 1.82) is 0 Å². The van der Waals surface area contributed by atoms with E-state index in [-0.39, 0.29) is 27.4 Å². The molecule has 2 aliphatic rings. The lowest BCUT2D eigenvalue weighted by molar-refractivity contribution is 0.291. The minimum Gasteiger partial charge on any atom is -0.349 e. The minimum absolute atomic E-state index is 0.123. The molecule has 47 heavy (non-hydrogen) atoms. The minimum atomic E-state index is -0.293. The van der Waals surface area contributed by atoms with Crippen LogP contribution in [0.2, 0.25) is 0 Å². The van der Waals surface area contributed by atoms with Crippen molar-refractivity contribution in [2.45, 2.75) is 13.1 Å². The van der Waals surface area contributed by atoms with Gasteiger partial charge in [0.05, 0.1) is 13.1 Å². The molecule has 0 spiro atoms. The molecule has 0 aliphatic carbocycles. The number of hydrogen-bond donors (Lipinski definition) is 1. The second-order valence-electron chi connectivity index (χ2n) is 11.2. The molecule has 1 N–H and O–H groups in total. The van der Waals surface area contributed by atoms with Crippen LogP contribution in [0.3, 0.4) is 0 Å². The van der Waals surface area contributed by atoms with Gasteiger partial charge in [-0.1, -0.05) is 24.3 Å². The van der Waals surface area contributed by atoms with Gasteiger partial charge in [-0.25, -0.2) is 18.7 Å². The highest BCUT2D eigenvalue weighted by molar-refractivity contribution is 9.11. The number of rotatable bonds is 5. The number of hydrogen-bond acceptors (Lipinski definition) is 8. The second-order valence-corrected chi connectivity index (χ2v) is 13.6. The third-order valence-electron chi connectivity index (χ3n) is 7.51. The molecule has 2 aromatic carbocycles. The fourth-order valence-electron chi connectivity index (χ4n) is 4.78. The van der Waals surface area contributed by atoms with Crippen molar-refractivity contribution in [2.24, 2.45) is 0 Å². The van der Waals surface area contributed by atoms with Gasteiger partial charge in [-0.2, -0.15) is 0 Å². The lowest BCUT2D eigenvalue weighted by Gasteiger charge is -2.32. The van der Waals surface area contributed by atoms with E-state index in [9.17, 15) is 18.4 Å². The Balaban J connectivity index is 0.000000182. The zero-order valence-electron chi connectivity index (χ0n) is 26.2. The monoisotopic (exact) mass is 840 g/mol. The summed E-state index contributed by atoms with van der Waals surface area (Å²) < 4.78 is 30.3. The molecule has 2 saturated heterocycles. The summed E-state index contributed by atoms with van der Waals surface area (Å²) in [6.45, 7) is 8.89. The van der Waals surface area contributed by atoms with Crippen LogP contribution in [0.25, 0.3) is 0 Å². The Labute approximate surface area is 297 Å². The Morgan fingerprint density at radius 1 is 0.660 bits per heavy atom. The van der Waals surface area contributed by atoms with Gasteiger partial charge in [-0.05, 0) is 97.3 Å². The molecular weight excluding hydrogens is 806 g/mol. The molecule has 0 atom stereocenters. The Bertz CT molecular complexity index is 1710. The predicted molar refractivity (Wildman–Crippen MR) is 191 cm³/mol. The zero-order chi connectivity index (χ0) is 33.9. The number of nitrogens with one attached hydrogen (secondary N) is 1. The van der Waals surface area contributed by atoms with E-state index in [0.29, 0.717) is 28.1 Å². The molecule has 0 unspecified atom stereocenters. The summed E-state index contributed by atoms with van der Waals surface area (Å²) in [7, 11) is 4.22. The molecule has 4 aromatic rings. The SMILES string of the molecule is CN1CCN(c2nc(Br)cn(Cc3ccc(F)cc3)c2=O)CC1.CN1CCNCC1.O=c1c(Br)nc(Br)cn1Cc1ccc(F)cc1. The molecule has 0 amide bonds. The van der Waals surface area contributed by atoms with E-state index in [2.05, 4.69) is 87.0 Å². The van der Waals surface area contributed by atoms with E-state index in [1.165, 1.54) is 41.9 Å². The topological polar surface area (TPSA) is 91.5 Å². The van der Waals surface area contributed by atoms with Gasteiger partial charge in [-0.3, -0.25) is 9.59 Å². The number of nitrogens with zero attached hydrogens (tertiary/aromatic N) is 7. The van der Waals surface area contributed by atoms with Crippen molar-refractivity contribution in [3.63, 3.8) is 0 Å². The number of benzene rings is 2. The first kappa shape index (κ1) is 37.0. The van der Waals surface area contributed by atoms with Crippen molar-refractivity contribution in [1.82, 2.24) is 34.2 Å². The van der Waals surface area contributed by atoms with Crippen LogP contribution in [0.5, 0.6) is 0 Å². The Kier molecular flexibility index (Phi) is 14.2. The molecule has 15 heteroatoms. The van der Waals surface area contributed by atoms with E-state index in [4.69, 9.17) is 0 Å². The van der Waals surface area contributed by atoms with Crippen LogP contribution in [0.1, 0.15) is 11.1 Å². The molecule has 6 rings (SSSR count). The lowest BCUT2D eigenvalue weighted by Crippen LogP contribution is -2.47. The molecule has 2 aromatic heterocycles. The lowest BCUT2D eigenvalue weighted by atomic mass is 10.2. The quantitative estimate of drug-likeness (QED) is 0.316. The average molecular weight is 843 g/mol. The maximum Gasteiger partial charge on any atom is 0.293 e. The average Bonchev–Trinajstić information content (AvgIpc) is 3.05. The van der Waals surface area contributed by atoms with Crippen LogP contribution in [-0.4, -0.2) is 95.4 Å². The van der Waals surface area contributed by atoms with E-state index in [1.807, 2.05) is 4.90 Å². The Hall–Kier alpha value is -2.82. The molecule has 2 aliphatic heterocycles. The van der Waals surface area contributed by atoms with Gasteiger partial charge in [-0.15, -0.1) is 0 Å². The molecule has 4 heterocycles. The van der Waals surface area contributed by atoms with Gasteiger partial charge in [0, 0.05) is 64.8 Å². The maximum absolute atomic E-state index is 13.0. The van der Waals surface area contributed by atoms with E-state index < -0.39 is 0 Å². The van der Waals surface area contributed by atoms with Crippen molar-refractivity contribution in [3.05, 3.63) is 118 Å². The molecule has 0 bridgehead atoms. The normalized spacial score (nSPS) is 15.3. The number of halogens is 5. The second kappa shape index (κ2) is 18.1. The fourth-order valence-corrected chi connectivity index (χ4v) is 6.27. The predicted octanol–water partition coefficient (Wildman–Crippen LogP) is 4.42. The largest absolute Gasteiger partial charge is 0.349 e. The summed E-state index contributed by atoms with van der Waals surface area (Å²) >= 11 is 9.68. The van der Waals surface area contributed by atoms with Crippen molar-refractivity contribution in [2.75, 3.05) is 71.4 Å². The van der Waals surface area contributed by atoms with Gasteiger partial charge in [0.15, 0.2) is 10.4 Å². The first-order valence-electron chi connectivity index (χ1n) is 15.0. The van der Waals surface area contributed by atoms with Gasteiger partial charge >= 0.3 is 0 Å². The summed E-state index contributed by atoms with van der Waals surface area (Å²) in [4.78, 5) is 39.4. The van der Waals surface area contributed by atoms with Gasteiger partial charge in [0.2, 0.25) is 0 Å². The van der Waals surface area contributed by atoms with Crippen LogP contribution in [0.15, 0.2) is 84.3 Å². The van der Waals surface area contributed by atoms with Crippen molar-refractivity contribution in [3.8, 4) is 0 Å². The highest BCUT2D eigenvalue weighted by Gasteiger charge is 2.20. The van der Waals surface area contributed by atoms with Gasteiger partial charge in [0.25, 0.3) is 11.1 Å². The van der Waals surface area contributed by atoms with Crippen LogP contribution in [0.4, 0.5) is 14.6 Å². The van der Waals surface area contributed by atoms with Crippen LogP contribution in [-0.2, 0) is 13.1 Å². The number of piperazine rings is 2. The van der Waals surface area contributed by atoms with Crippen LogP contribution < -0.4 is 21.3 Å². The Morgan fingerprint density at radius 2 is 1.11 bits per heavy atom. The third kappa shape index (κ3) is 11.7. The first-order chi connectivity index (χ1) is 22.5. The molecular formula is C32H37Br3F2N8O2. The first-order valence-corrected chi connectivity index (χ1v) is 17.4. The molecule has 10 nitrogen and oxygen atoms in total. The van der Waals surface area contributed by atoms with E-state index in [0.717, 1.165) is 50.4 Å². The van der Waals surface area contributed by atoms with E-state index >= 15 is 0 Å². The van der Waals surface area contributed by atoms with Crippen LogP contribution >= 0.6 is 47.8 Å². The van der Waals surface area contributed by atoms with Gasteiger partial charge < -0.3 is 29.2 Å². The molecule has 0 saturated carbocycles. The number of aromatic nitrogens is 4. The summed E-state index contributed by atoms with van der Waals surface area (Å²) in [6.07, 6.45) is 3.27. The van der Waals surface area contributed by atoms with Crippen molar-refractivity contribution >= 4 is 53.6 Å². The highest BCUT2D eigenvalue weighted by Crippen LogP contribution is 2.14. The fraction of sp³-hybridized carbons (Fsp3) is 0.375. The summed E-state index contributed by atoms with van der Waals surface area (Å²) in [6, 6.07) is 12.2. The third-order valence-corrected chi connectivity index (χ3v) is 8.79. The summed E-state index contributed by atoms with van der Waals surface area (Å²) in [5, 5.41) is 3.27. The smallest absolute Gasteiger partial charge is 0.293 e. The molecule has 0 radical (unpaired) electrons. The summed E-state index contributed by atoms with van der Waals surface area (Å²) in [5.74, 6) is -0.108. The van der Waals surface area contributed by atoms with Crippen LogP contribution in [0, 0.1) is 11.6 Å². The number of likely N-dealkylation sites (N-methyl/N-ethyl adjacent to an activating group) is 2. The number of anilines is 1. The van der Waals surface area contributed by atoms with Gasteiger partial charge in [0.1, 0.15) is 20.8 Å². The zero-order valence-corrected chi connectivity index (χ0v) is 30.9. The highest BCUT2D eigenvalue weighted by atomic mass is 79.9. The standard InChI is InChI=1S/C16H18BrFN4O.C11H7Br2FN2O.C5H12N2/c1-20-6-8-21(9-7-20)15-16(23)22(11-14(17)19-15)10-12-2-4-13(18)5-3-12;12-9-6-16(11(17)10(13)15-9)5-7-1-3-8(14)4-2-7;1-7-4-2-6-3-5-7/h2-5,11H,6-10H2,1H3;1-4,6H,5H2;6H,2-5H2,1H3. The molecule has 2 fully saturated rings. The van der Waals surface area contributed by atoms with E-state index in [1.54, 1.807) is 41.2 Å². The maximum atomic E-state index is 13.0. The molecule has 252 valence electrons. The van der Waals surface area contributed by atoms with Crippen molar-refractivity contribution < 1.29 is 8.78 Å². The summed E-state index contributed by atoms with van der Waals surface area (Å²) in [5.41, 5.74) is 1.37.